The van der Waals surface area contributed by atoms with Gasteiger partial charge in [-0.1, -0.05) is 17.7 Å². The Morgan fingerprint density at radius 1 is 0.912 bits per heavy atom. The normalized spacial score (nSPS) is 17.4. The molecule has 2 aromatic carbocycles. The summed E-state index contributed by atoms with van der Waals surface area (Å²) in [5, 5.41) is 3.03. The molecule has 0 bridgehead atoms. The van der Waals surface area contributed by atoms with Crippen LogP contribution in [0.4, 0.5) is 0 Å². The number of rotatable bonds is 6. The van der Waals surface area contributed by atoms with Gasteiger partial charge in [0.05, 0.1) is 7.11 Å². The molecule has 1 N–H and O–H groups in total. The fourth-order valence-electron chi connectivity index (χ4n) is 4.88. The number of likely N-dealkylation sites (tertiary alicyclic amines) is 2. The summed E-state index contributed by atoms with van der Waals surface area (Å²) in [6.07, 6.45) is 3.33. The zero-order valence-electron chi connectivity index (χ0n) is 20.0. The zero-order valence-corrected chi connectivity index (χ0v) is 20.0. The van der Waals surface area contributed by atoms with E-state index in [0.717, 1.165) is 31.5 Å². The number of nitrogens with zero attached hydrogens (tertiary/aromatic N) is 2. The van der Waals surface area contributed by atoms with Crippen molar-refractivity contribution in [3.05, 3.63) is 65.2 Å². The van der Waals surface area contributed by atoms with Crippen molar-refractivity contribution in [2.45, 2.75) is 38.6 Å². The van der Waals surface area contributed by atoms with Crippen LogP contribution >= 0.6 is 0 Å². The van der Waals surface area contributed by atoms with E-state index in [4.69, 9.17) is 4.74 Å². The minimum atomic E-state index is -0.594. The first kappa shape index (κ1) is 23.8. The number of carbonyl (C=O) groups excluding carboxylic acids is 3. The molecule has 1 atom stereocenters. The van der Waals surface area contributed by atoms with Crippen molar-refractivity contribution in [1.29, 1.82) is 0 Å². The van der Waals surface area contributed by atoms with Gasteiger partial charge in [-0.2, -0.15) is 0 Å². The van der Waals surface area contributed by atoms with Crippen LogP contribution in [0.5, 0.6) is 5.75 Å². The Morgan fingerprint density at radius 3 is 2.21 bits per heavy atom. The quantitative estimate of drug-likeness (QED) is 0.713. The molecule has 2 aliphatic heterocycles. The first-order valence-corrected chi connectivity index (χ1v) is 12.1. The van der Waals surface area contributed by atoms with Gasteiger partial charge in [-0.25, -0.2) is 0 Å². The number of amides is 3. The highest BCUT2D eigenvalue weighted by Crippen LogP contribution is 2.25. The molecule has 7 heteroatoms. The second-order valence-corrected chi connectivity index (χ2v) is 9.21. The monoisotopic (exact) mass is 463 g/mol. The van der Waals surface area contributed by atoms with E-state index >= 15 is 0 Å². The number of ether oxygens (including phenoxy) is 1. The van der Waals surface area contributed by atoms with Gasteiger partial charge in [-0.15, -0.1) is 0 Å². The Bertz CT molecular complexity index is 1020. The van der Waals surface area contributed by atoms with Crippen molar-refractivity contribution >= 4 is 17.7 Å². The van der Waals surface area contributed by atoms with E-state index in [2.05, 4.69) is 5.32 Å². The van der Waals surface area contributed by atoms with Crippen LogP contribution < -0.4 is 10.1 Å². The van der Waals surface area contributed by atoms with E-state index in [-0.39, 0.29) is 23.6 Å². The smallest absolute Gasteiger partial charge is 0.253 e. The molecule has 180 valence electrons. The molecule has 2 aliphatic rings. The Hall–Kier alpha value is -3.35. The van der Waals surface area contributed by atoms with Gasteiger partial charge in [0.25, 0.3) is 11.8 Å². The molecule has 4 rings (SSSR count). The minimum absolute atomic E-state index is 0.0113. The summed E-state index contributed by atoms with van der Waals surface area (Å²) in [5.41, 5.74) is 2.24. The Labute approximate surface area is 201 Å². The Morgan fingerprint density at radius 2 is 1.59 bits per heavy atom. The van der Waals surface area contributed by atoms with Gasteiger partial charge in [-0.05, 0) is 74.9 Å². The molecule has 2 aromatic rings. The van der Waals surface area contributed by atoms with E-state index in [1.807, 2.05) is 41.0 Å². The summed E-state index contributed by atoms with van der Waals surface area (Å²) >= 11 is 0. The van der Waals surface area contributed by atoms with Crippen LogP contribution in [0.25, 0.3) is 0 Å². The molecule has 3 amide bonds. The summed E-state index contributed by atoms with van der Waals surface area (Å²) in [4.78, 5) is 43.1. The summed E-state index contributed by atoms with van der Waals surface area (Å²) in [6.45, 7) is 4.58. The predicted octanol–water partition coefficient (Wildman–Crippen LogP) is 3.28. The Kier molecular flexibility index (Phi) is 7.50. The van der Waals surface area contributed by atoms with E-state index in [0.29, 0.717) is 42.8 Å². The highest BCUT2D eigenvalue weighted by Gasteiger charge is 2.37. The number of piperidine rings is 1. The summed E-state index contributed by atoms with van der Waals surface area (Å²) < 4.78 is 5.17. The van der Waals surface area contributed by atoms with Gasteiger partial charge in [0.15, 0.2) is 0 Å². The topological polar surface area (TPSA) is 79.0 Å². The van der Waals surface area contributed by atoms with Crippen molar-refractivity contribution in [2.75, 3.05) is 33.3 Å². The number of benzene rings is 2. The first-order chi connectivity index (χ1) is 16.5. The molecule has 0 radical (unpaired) electrons. The molecule has 2 heterocycles. The molecule has 34 heavy (non-hydrogen) atoms. The van der Waals surface area contributed by atoms with Crippen LogP contribution in [0, 0.1) is 12.8 Å². The van der Waals surface area contributed by atoms with Gasteiger partial charge < -0.3 is 19.9 Å². The van der Waals surface area contributed by atoms with Crippen LogP contribution in [-0.4, -0.2) is 66.9 Å². The summed E-state index contributed by atoms with van der Waals surface area (Å²) in [5.74, 6) is 0.400. The fraction of sp³-hybridized carbons (Fsp3) is 0.444. The third kappa shape index (κ3) is 5.41. The highest BCUT2D eigenvalue weighted by atomic mass is 16.5. The van der Waals surface area contributed by atoms with Crippen molar-refractivity contribution in [3.63, 3.8) is 0 Å². The number of hydrogen-bond acceptors (Lipinski definition) is 4. The molecule has 0 aliphatic carbocycles. The maximum atomic E-state index is 13.4. The molecule has 0 saturated carbocycles. The average molecular weight is 464 g/mol. The van der Waals surface area contributed by atoms with E-state index in [1.54, 1.807) is 31.4 Å². The van der Waals surface area contributed by atoms with Gasteiger partial charge in [0, 0.05) is 37.3 Å². The number of aryl methyl sites for hydroxylation is 1. The second kappa shape index (κ2) is 10.7. The van der Waals surface area contributed by atoms with Crippen LogP contribution in [-0.2, 0) is 4.79 Å². The SMILES string of the molecule is COc1ccc(C(=O)N[C@@H](C(=O)N2CCCC2)C2CCN(C(=O)c3cccc(C)c3)CC2)cc1. The number of methoxy groups -OCH3 is 1. The van der Waals surface area contributed by atoms with Gasteiger partial charge in [0.1, 0.15) is 11.8 Å². The van der Waals surface area contributed by atoms with E-state index < -0.39 is 6.04 Å². The van der Waals surface area contributed by atoms with Crippen LogP contribution in [0.3, 0.4) is 0 Å². The minimum Gasteiger partial charge on any atom is -0.497 e. The van der Waals surface area contributed by atoms with E-state index in [1.165, 1.54) is 0 Å². The third-order valence-corrected chi connectivity index (χ3v) is 6.89. The number of carbonyl (C=O) groups is 3. The predicted molar refractivity (Wildman–Crippen MR) is 130 cm³/mol. The molecule has 0 aromatic heterocycles. The van der Waals surface area contributed by atoms with Crippen molar-refractivity contribution in [1.82, 2.24) is 15.1 Å². The van der Waals surface area contributed by atoms with E-state index in [9.17, 15) is 14.4 Å². The van der Waals surface area contributed by atoms with Crippen LogP contribution in [0.1, 0.15) is 52.0 Å². The average Bonchev–Trinajstić information content (AvgIpc) is 3.42. The summed E-state index contributed by atoms with van der Waals surface area (Å²) in [7, 11) is 1.58. The molecule has 0 unspecified atom stereocenters. The van der Waals surface area contributed by atoms with Gasteiger partial charge in [0.2, 0.25) is 5.91 Å². The maximum absolute atomic E-state index is 13.4. The van der Waals surface area contributed by atoms with Gasteiger partial charge >= 0.3 is 0 Å². The van der Waals surface area contributed by atoms with Gasteiger partial charge in [-0.3, -0.25) is 14.4 Å². The molecule has 0 spiro atoms. The molecule has 7 nitrogen and oxygen atoms in total. The zero-order chi connectivity index (χ0) is 24.1. The molecular formula is C27H33N3O4. The van der Waals surface area contributed by atoms with Crippen LogP contribution in [0.15, 0.2) is 48.5 Å². The summed E-state index contributed by atoms with van der Waals surface area (Å²) in [6, 6.07) is 13.9. The van der Waals surface area contributed by atoms with Crippen molar-refractivity contribution in [3.8, 4) is 5.75 Å². The number of nitrogens with one attached hydrogen (secondary N) is 1. The fourth-order valence-corrected chi connectivity index (χ4v) is 4.88. The lowest BCUT2D eigenvalue weighted by Gasteiger charge is -2.37. The van der Waals surface area contributed by atoms with Crippen molar-refractivity contribution in [2.24, 2.45) is 5.92 Å². The molecule has 2 fully saturated rings. The third-order valence-electron chi connectivity index (χ3n) is 6.89. The first-order valence-electron chi connectivity index (χ1n) is 12.1. The highest BCUT2D eigenvalue weighted by molar-refractivity contribution is 5.98. The lowest BCUT2D eigenvalue weighted by atomic mass is 9.88. The lowest BCUT2D eigenvalue weighted by Crippen LogP contribution is -2.54. The van der Waals surface area contributed by atoms with Crippen LogP contribution in [0.2, 0.25) is 0 Å². The lowest BCUT2D eigenvalue weighted by molar-refractivity contribution is -0.134. The standard InChI is InChI=1S/C27H33N3O4/c1-19-6-5-7-22(18-19)26(32)30-16-12-20(13-17-30)24(27(33)29-14-3-4-15-29)28-25(31)21-8-10-23(34-2)11-9-21/h5-11,18,20,24H,3-4,12-17H2,1-2H3,(H,28,31)/t24-/m1/s1. The van der Waals surface area contributed by atoms with Crippen molar-refractivity contribution < 1.29 is 19.1 Å². The number of hydrogen-bond donors (Lipinski definition) is 1. The molecular weight excluding hydrogens is 430 g/mol. The largest absolute Gasteiger partial charge is 0.497 e. The Balaban J connectivity index is 1.45. The maximum Gasteiger partial charge on any atom is 0.253 e. The second-order valence-electron chi connectivity index (χ2n) is 9.21. The molecule has 2 saturated heterocycles.